The van der Waals surface area contributed by atoms with Crippen molar-refractivity contribution in [3.8, 4) is 0 Å². The van der Waals surface area contributed by atoms with E-state index in [-0.39, 0.29) is 11.9 Å². The molecule has 3 rings (SSSR count). The number of carbonyl (C=O) groups is 1. The summed E-state index contributed by atoms with van der Waals surface area (Å²) in [5, 5.41) is 0. The summed E-state index contributed by atoms with van der Waals surface area (Å²) in [6.45, 7) is 5.69. The Morgan fingerprint density at radius 3 is 2.62 bits per heavy atom. The molecule has 13 heavy (non-hydrogen) atoms. The van der Waals surface area contributed by atoms with Crippen LogP contribution in [0.25, 0.3) is 0 Å². The Hall–Kier alpha value is -0.570. The van der Waals surface area contributed by atoms with Gasteiger partial charge >= 0.3 is 5.97 Å². The van der Waals surface area contributed by atoms with Crippen molar-refractivity contribution in [1.82, 2.24) is 4.90 Å². The van der Waals surface area contributed by atoms with Crippen LogP contribution in [0.15, 0.2) is 0 Å². The molecular formula is C10H17NO2. The molecule has 3 heteroatoms. The van der Waals surface area contributed by atoms with Gasteiger partial charge in [-0.1, -0.05) is 0 Å². The number of fused-ring (bicyclic) bond motifs is 3. The molecule has 1 atom stereocenters. The summed E-state index contributed by atoms with van der Waals surface area (Å²) in [6, 6.07) is 0. The lowest BCUT2D eigenvalue weighted by Gasteiger charge is -2.43. The minimum Gasteiger partial charge on any atom is -0.466 e. The lowest BCUT2D eigenvalue weighted by molar-refractivity contribution is -0.154. The Bertz CT molecular complexity index is 197. The van der Waals surface area contributed by atoms with Crippen molar-refractivity contribution in [3.63, 3.8) is 0 Å². The molecule has 3 nitrogen and oxygen atoms in total. The normalized spacial score (nSPS) is 37.5. The molecule has 0 aromatic rings. The van der Waals surface area contributed by atoms with Crippen LogP contribution in [0.3, 0.4) is 0 Å². The topological polar surface area (TPSA) is 29.5 Å². The first-order chi connectivity index (χ1) is 6.31. The zero-order valence-electron chi connectivity index (χ0n) is 8.16. The van der Waals surface area contributed by atoms with Crippen LogP contribution in [0.2, 0.25) is 0 Å². The summed E-state index contributed by atoms with van der Waals surface area (Å²) in [4.78, 5) is 13.9. The molecule has 3 aliphatic heterocycles. The van der Waals surface area contributed by atoms with Gasteiger partial charge in [0.2, 0.25) is 0 Å². The highest BCUT2D eigenvalue weighted by molar-refractivity contribution is 5.73. The monoisotopic (exact) mass is 183 g/mol. The maximum atomic E-state index is 11.5. The number of piperidine rings is 3. The second-order valence-electron chi connectivity index (χ2n) is 4.00. The molecule has 3 aliphatic rings. The lowest BCUT2D eigenvalue weighted by Crippen LogP contribution is -2.50. The summed E-state index contributed by atoms with van der Waals surface area (Å²) >= 11 is 0. The number of ether oxygens (including phenoxy) is 1. The van der Waals surface area contributed by atoms with E-state index in [4.69, 9.17) is 4.74 Å². The average molecular weight is 183 g/mol. The van der Waals surface area contributed by atoms with Crippen LogP contribution < -0.4 is 0 Å². The molecule has 0 radical (unpaired) electrons. The van der Waals surface area contributed by atoms with Gasteiger partial charge in [-0.2, -0.15) is 0 Å². The average Bonchev–Trinajstić information content (AvgIpc) is 2.20. The second-order valence-corrected chi connectivity index (χ2v) is 4.00. The number of carbonyl (C=O) groups excluding carboxylic acids is 1. The number of esters is 1. The van der Waals surface area contributed by atoms with Crippen molar-refractivity contribution < 1.29 is 9.53 Å². The van der Waals surface area contributed by atoms with E-state index in [2.05, 4.69) is 4.90 Å². The fraction of sp³-hybridized carbons (Fsp3) is 0.900. The van der Waals surface area contributed by atoms with E-state index in [0.717, 1.165) is 6.54 Å². The number of hydrogen-bond donors (Lipinski definition) is 0. The zero-order chi connectivity index (χ0) is 9.26. The molecule has 0 N–H and O–H groups in total. The Kier molecular flexibility index (Phi) is 2.54. The number of nitrogens with zero attached hydrogens (tertiary/aromatic N) is 1. The van der Waals surface area contributed by atoms with Gasteiger partial charge in [0, 0.05) is 6.54 Å². The van der Waals surface area contributed by atoms with E-state index in [1.165, 1.54) is 25.9 Å². The Morgan fingerprint density at radius 2 is 2.15 bits per heavy atom. The highest BCUT2D eigenvalue weighted by Crippen LogP contribution is 2.32. The largest absolute Gasteiger partial charge is 0.466 e. The minimum absolute atomic E-state index is 0.0249. The highest BCUT2D eigenvalue weighted by Gasteiger charge is 2.38. The molecular weight excluding hydrogens is 166 g/mol. The molecule has 3 fully saturated rings. The van der Waals surface area contributed by atoms with Gasteiger partial charge < -0.3 is 9.64 Å². The standard InChI is InChI=1S/C10H17NO2/c1-2-13-10(12)9-7-11-5-3-8(9)4-6-11/h8-9H,2-7H2,1H3/t9-/m1/s1. The van der Waals surface area contributed by atoms with Gasteiger partial charge in [-0.15, -0.1) is 0 Å². The van der Waals surface area contributed by atoms with Crippen LogP contribution in [0, 0.1) is 11.8 Å². The molecule has 2 bridgehead atoms. The lowest BCUT2D eigenvalue weighted by atomic mass is 9.79. The smallest absolute Gasteiger partial charge is 0.310 e. The van der Waals surface area contributed by atoms with Crippen molar-refractivity contribution in [2.24, 2.45) is 11.8 Å². The Morgan fingerprint density at radius 1 is 1.46 bits per heavy atom. The van der Waals surface area contributed by atoms with Crippen LogP contribution >= 0.6 is 0 Å². The van der Waals surface area contributed by atoms with E-state index in [0.29, 0.717) is 12.5 Å². The number of hydrogen-bond acceptors (Lipinski definition) is 3. The zero-order valence-corrected chi connectivity index (χ0v) is 8.16. The van der Waals surface area contributed by atoms with Gasteiger partial charge in [-0.25, -0.2) is 0 Å². The first kappa shape index (κ1) is 9.00. The number of rotatable bonds is 2. The summed E-state index contributed by atoms with van der Waals surface area (Å²) in [7, 11) is 0. The fourth-order valence-electron chi connectivity index (χ4n) is 2.48. The van der Waals surface area contributed by atoms with Gasteiger partial charge in [0.1, 0.15) is 0 Å². The second kappa shape index (κ2) is 3.66. The SMILES string of the molecule is CCOC(=O)[C@@H]1CN2CCC1CC2. The molecule has 0 amide bonds. The Balaban J connectivity index is 1.96. The molecule has 0 saturated carbocycles. The molecule has 0 unspecified atom stereocenters. The molecule has 0 aromatic heterocycles. The van der Waals surface area contributed by atoms with Gasteiger partial charge in [0.05, 0.1) is 12.5 Å². The predicted molar refractivity (Wildman–Crippen MR) is 49.3 cm³/mol. The molecule has 3 saturated heterocycles. The minimum atomic E-state index is 0.0249. The van der Waals surface area contributed by atoms with Crippen molar-refractivity contribution >= 4 is 5.97 Å². The summed E-state index contributed by atoms with van der Waals surface area (Å²) in [5.41, 5.74) is 0. The van der Waals surface area contributed by atoms with E-state index in [1.807, 2.05) is 6.92 Å². The van der Waals surface area contributed by atoms with Gasteiger partial charge in [0.25, 0.3) is 0 Å². The first-order valence-electron chi connectivity index (χ1n) is 5.20. The quantitative estimate of drug-likeness (QED) is 0.595. The third kappa shape index (κ3) is 1.70. The molecule has 74 valence electrons. The molecule has 0 aliphatic carbocycles. The van der Waals surface area contributed by atoms with Crippen LogP contribution in [-0.4, -0.2) is 37.1 Å². The summed E-state index contributed by atoms with van der Waals surface area (Å²) in [5.74, 6) is 0.795. The highest BCUT2D eigenvalue weighted by atomic mass is 16.5. The van der Waals surface area contributed by atoms with Crippen molar-refractivity contribution in [2.75, 3.05) is 26.2 Å². The van der Waals surface area contributed by atoms with Crippen molar-refractivity contribution in [3.05, 3.63) is 0 Å². The fourth-order valence-corrected chi connectivity index (χ4v) is 2.48. The van der Waals surface area contributed by atoms with Crippen LogP contribution in [0.1, 0.15) is 19.8 Å². The van der Waals surface area contributed by atoms with Gasteiger partial charge in [-0.05, 0) is 38.8 Å². The van der Waals surface area contributed by atoms with E-state index in [1.54, 1.807) is 0 Å². The maximum absolute atomic E-state index is 11.5. The van der Waals surface area contributed by atoms with E-state index >= 15 is 0 Å². The predicted octanol–water partition coefficient (Wildman–Crippen LogP) is 0.891. The van der Waals surface area contributed by atoms with Crippen LogP contribution in [0.4, 0.5) is 0 Å². The van der Waals surface area contributed by atoms with Gasteiger partial charge in [-0.3, -0.25) is 4.79 Å². The van der Waals surface area contributed by atoms with Crippen LogP contribution in [0.5, 0.6) is 0 Å². The maximum Gasteiger partial charge on any atom is 0.310 e. The van der Waals surface area contributed by atoms with Crippen molar-refractivity contribution in [2.45, 2.75) is 19.8 Å². The van der Waals surface area contributed by atoms with E-state index in [9.17, 15) is 4.79 Å². The summed E-state index contributed by atoms with van der Waals surface area (Å²) in [6.07, 6.45) is 2.37. The third-order valence-corrected chi connectivity index (χ3v) is 3.25. The Labute approximate surface area is 79.0 Å². The van der Waals surface area contributed by atoms with Gasteiger partial charge in [0.15, 0.2) is 0 Å². The third-order valence-electron chi connectivity index (χ3n) is 3.25. The molecule has 3 heterocycles. The van der Waals surface area contributed by atoms with Crippen molar-refractivity contribution in [1.29, 1.82) is 0 Å². The molecule has 0 spiro atoms. The first-order valence-corrected chi connectivity index (χ1v) is 5.20. The van der Waals surface area contributed by atoms with E-state index < -0.39 is 0 Å². The molecule has 0 aromatic carbocycles. The van der Waals surface area contributed by atoms with Crippen LogP contribution in [-0.2, 0) is 9.53 Å². The summed E-state index contributed by atoms with van der Waals surface area (Å²) < 4.78 is 5.07.